The lowest BCUT2D eigenvalue weighted by Gasteiger charge is -2.35. The summed E-state index contributed by atoms with van der Waals surface area (Å²) in [5, 5.41) is 2.65. The molecule has 1 aliphatic heterocycles. The van der Waals surface area contributed by atoms with Crippen molar-refractivity contribution in [3.05, 3.63) is 0 Å². The Balaban J connectivity index is 1.92. The van der Waals surface area contributed by atoms with Gasteiger partial charge in [-0.15, -0.1) is 0 Å². The summed E-state index contributed by atoms with van der Waals surface area (Å²) in [6.45, 7) is 0.842. The average Bonchev–Trinajstić information content (AvgIpc) is 2.52. The van der Waals surface area contributed by atoms with E-state index in [-0.39, 0.29) is 19.4 Å². The highest BCUT2D eigenvalue weighted by Crippen LogP contribution is 2.40. The van der Waals surface area contributed by atoms with Crippen LogP contribution in [-0.4, -0.2) is 37.7 Å². The van der Waals surface area contributed by atoms with Gasteiger partial charge in [0.15, 0.2) is 0 Å². The molecule has 0 radical (unpaired) electrons. The minimum absolute atomic E-state index is 0.0672. The summed E-state index contributed by atoms with van der Waals surface area (Å²) < 4.78 is 43.6. The van der Waals surface area contributed by atoms with Gasteiger partial charge in [-0.2, -0.15) is 13.2 Å². The predicted octanol–water partition coefficient (Wildman–Crippen LogP) is 1.75. The van der Waals surface area contributed by atoms with E-state index in [4.69, 9.17) is 10.5 Å². The highest BCUT2D eigenvalue weighted by molar-refractivity contribution is 5.83. The Hall–Kier alpha value is -1.31. The largest absolute Gasteiger partial charge is 0.391 e. The molecular weight excluding hydrogens is 313 g/mol. The van der Waals surface area contributed by atoms with E-state index in [1.54, 1.807) is 0 Å². The van der Waals surface area contributed by atoms with E-state index in [1.807, 2.05) is 0 Å². The molecule has 2 atom stereocenters. The molecule has 0 spiro atoms. The van der Waals surface area contributed by atoms with Gasteiger partial charge in [-0.05, 0) is 32.1 Å². The number of carbonyl (C=O) groups excluding carboxylic acids is 2. The Morgan fingerprint density at radius 3 is 2.43 bits per heavy atom. The Kier molecular flexibility index (Phi) is 5.54. The molecule has 5 nitrogen and oxygen atoms in total. The van der Waals surface area contributed by atoms with Crippen molar-refractivity contribution in [3.63, 3.8) is 0 Å². The van der Waals surface area contributed by atoms with E-state index in [0.29, 0.717) is 38.9 Å². The fourth-order valence-electron chi connectivity index (χ4n) is 3.40. The highest BCUT2D eigenvalue weighted by atomic mass is 19.4. The second kappa shape index (κ2) is 7.07. The summed E-state index contributed by atoms with van der Waals surface area (Å²) in [4.78, 5) is 23.9. The number of primary amides is 1. The van der Waals surface area contributed by atoms with E-state index >= 15 is 0 Å². The quantitative estimate of drug-likeness (QED) is 0.821. The molecule has 0 aromatic carbocycles. The monoisotopic (exact) mass is 336 g/mol. The number of amides is 2. The van der Waals surface area contributed by atoms with Gasteiger partial charge >= 0.3 is 6.18 Å². The Morgan fingerprint density at radius 1 is 1.22 bits per heavy atom. The second-order valence-electron chi connectivity index (χ2n) is 6.58. The molecule has 0 aromatic rings. The molecule has 1 saturated heterocycles. The number of nitrogens with two attached hydrogens (primary N) is 1. The van der Waals surface area contributed by atoms with Gasteiger partial charge in [0.05, 0.1) is 11.3 Å². The van der Waals surface area contributed by atoms with Crippen LogP contribution in [0.2, 0.25) is 0 Å². The molecule has 23 heavy (non-hydrogen) atoms. The van der Waals surface area contributed by atoms with Crippen molar-refractivity contribution in [1.29, 1.82) is 0 Å². The molecule has 2 aliphatic rings. The van der Waals surface area contributed by atoms with Gasteiger partial charge < -0.3 is 15.8 Å². The van der Waals surface area contributed by atoms with E-state index in [9.17, 15) is 22.8 Å². The van der Waals surface area contributed by atoms with Crippen LogP contribution in [0.25, 0.3) is 0 Å². The summed E-state index contributed by atoms with van der Waals surface area (Å²) in [5.74, 6) is -2.98. The number of rotatable bonds is 4. The SMILES string of the molecule is NC(=O)C1(CNC(=O)[C@@H]2CCC[C@@H](C(F)(F)F)C2)CCOCC1. The topological polar surface area (TPSA) is 81.4 Å². The Bertz CT molecular complexity index is 448. The number of alkyl halides is 3. The first kappa shape index (κ1) is 18.0. The molecule has 3 N–H and O–H groups in total. The molecule has 0 bridgehead atoms. The third-order valence-corrected chi connectivity index (χ3v) is 5.08. The van der Waals surface area contributed by atoms with Crippen LogP contribution in [0.5, 0.6) is 0 Å². The first-order valence-corrected chi connectivity index (χ1v) is 7.97. The van der Waals surface area contributed by atoms with Crippen LogP contribution < -0.4 is 11.1 Å². The predicted molar refractivity (Wildman–Crippen MR) is 76.2 cm³/mol. The van der Waals surface area contributed by atoms with Crippen LogP contribution in [-0.2, 0) is 14.3 Å². The highest BCUT2D eigenvalue weighted by Gasteiger charge is 2.44. The minimum Gasteiger partial charge on any atom is -0.381 e. The fourth-order valence-corrected chi connectivity index (χ4v) is 3.40. The molecule has 0 aromatic heterocycles. The van der Waals surface area contributed by atoms with Crippen LogP contribution in [0.3, 0.4) is 0 Å². The van der Waals surface area contributed by atoms with Crippen molar-refractivity contribution < 1.29 is 27.5 Å². The van der Waals surface area contributed by atoms with Gasteiger partial charge in [-0.25, -0.2) is 0 Å². The number of ether oxygens (including phenoxy) is 1. The Labute approximate surface area is 133 Å². The van der Waals surface area contributed by atoms with Gasteiger partial charge in [-0.3, -0.25) is 9.59 Å². The zero-order valence-electron chi connectivity index (χ0n) is 13.0. The molecule has 2 amide bonds. The number of carbonyl (C=O) groups is 2. The van der Waals surface area contributed by atoms with Crippen molar-refractivity contribution >= 4 is 11.8 Å². The molecular formula is C15H23F3N2O3. The van der Waals surface area contributed by atoms with Crippen molar-refractivity contribution in [2.24, 2.45) is 23.0 Å². The molecule has 8 heteroatoms. The third kappa shape index (κ3) is 4.37. The molecule has 1 aliphatic carbocycles. The lowest BCUT2D eigenvalue weighted by atomic mass is 9.78. The van der Waals surface area contributed by atoms with Crippen LogP contribution in [0.1, 0.15) is 38.5 Å². The average molecular weight is 336 g/mol. The second-order valence-corrected chi connectivity index (χ2v) is 6.58. The van der Waals surface area contributed by atoms with E-state index < -0.39 is 35.2 Å². The number of halogens is 3. The first-order chi connectivity index (χ1) is 10.7. The number of nitrogens with one attached hydrogen (secondary N) is 1. The summed E-state index contributed by atoms with van der Waals surface area (Å²) in [5.41, 5.74) is 4.60. The van der Waals surface area contributed by atoms with Crippen molar-refractivity contribution in [2.45, 2.75) is 44.7 Å². The maximum absolute atomic E-state index is 12.8. The smallest absolute Gasteiger partial charge is 0.381 e. The summed E-state index contributed by atoms with van der Waals surface area (Å²) in [6.07, 6.45) is -2.69. The maximum Gasteiger partial charge on any atom is 0.391 e. The van der Waals surface area contributed by atoms with Gasteiger partial charge in [0.1, 0.15) is 0 Å². The van der Waals surface area contributed by atoms with Crippen molar-refractivity contribution in [3.8, 4) is 0 Å². The lowest BCUT2D eigenvalue weighted by molar-refractivity contribution is -0.186. The third-order valence-electron chi connectivity index (χ3n) is 5.08. The van der Waals surface area contributed by atoms with Crippen LogP contribution in [0.4, 0.5) is 13.2 Å². The first-order valence-electron chi connectivity index (χ1n) is 7.97. The fraction of sp³-hybridized carbons (Fsp3) is 0.867. The molecule has 2 rings (SSSR count). The normalized spacial score (nSPS) is 28.1. The van der Waals surface area contributed by atoms with Gasteiger partial charge in [0.25, 0.3) is 0 Å². The standard InChI is InChI=1S/C15H23F3N2O3/c16-15(17,18)11-3-1-2-10(8-11)12(21)20-9-14(13(19)22)4-6-23-7-5-14/h10-11H,1-9H2,(H2,19,22)(H,20,21)/t10-,11-/m1/s1. The van der Waals surface area contributed by atoms with Gasteiger partial charge in [-0.1, -0.05) is 6.42 Å². The maximum atomic E-state index is 12.8. The van der Waals surface area contributed by atoms with E-state index in [1.165, 1.54) is 0 Å². The molecule has 132 valence electrons. The molecule has 1 heterocycles. The van der Waals surface area contributed by atoms with Crippen LogP contribution >= 0.6 is 0 Å². The number of hydrogen-bond acceptors (Lipinski definition) is 3. The van der Waals surface area contributed by atoms with E-state index in [0.717, 1.165) is 0 Å². The van der Waals surface area contributed by atoms with Gasteiger partial charge in [0.2, 0.25) is 11.8 Å². The molecule has 0 unspecified atom stereocenters. The Morgan fingerprint density at radius 2 is 1.87 bits per heavy atom. The van der Waals surface area contributed by atoms with Crippen molar-refractivity contribution in [2.75, 3.05) is 19.8 Å². The molecule has 1 saturated carbocycles. The van der Waals surface area contributed by atoms with Crippen LogP contribution in [0.15, 0.2) is 0 Å². The van der Waals surface area contributed by atoms with Crippen molar-refractivity contribution in [1.82, 2.24) is 5.32 Å². The number of hydrogen-bond donors (Lipinski definition) is 2. The zero-order valence-corrected chi connectivity index (χ0v) is 13.0. The zero-order chi connectivity index (χ0) is 17.1. The lowest BCUT2D eigenvalue weighted by Crippen LogP contribution is -2.50. The summed E-state index contributed by atoms with van der Waals surface area (Å²) in [7, 11) is 0. The summed E-state index contributed by atoms with van der Waals surface area (Å²) >= 11 is 0. The van der Waals surface area contributed by atoms with E-state index in [2.05, 4.69) is 5.32 Å². The van der Waals surface area contributed by atoms with Gasteiger partial charge in [0, 0.05) is 25.7 Å². The minimum atomic E-state index is -4.26. The summed E-state index contributed by atoms with van der Waals surface area (Å²) in [6, 6.07) is 0. The molecule has 2 fully saturated rings. The van der Waals surface area contributed by atoms with Crippen LogP contribution in [0, 0.1) is 17.3 Å².